The molecule has 1 N–H and O–H groups in total. The highest BCUT2D eigenvalue weighted by molar-refractivity contribution is 7.92. The minimum absolute atomic E-state index is 0.00924. The Morgan fingerprint density at radius 3 is 2.55 bits per heavy atom. The number of nitrogens with zero attached hydrogens (tertiary/aromatic N) is 3. The highest BCUT2D eigenvalue weighted by atomic mass is 32.2. The Morgan fingerprint density at radius 1 is 1.12 bits per heavy atom. The molecule has 4 rings (SSSR count). The van der Waals surface area contributed by atoms with Crippen molar-refractivity contribution in [3.63, 3.8) is 0 Å². The maximum atomic E-state index is 13.0. The molecule has 0 radical (unpaired) electrons. The van der Waals surface area contributed by atoms with Crippen LogP contribution in [0.25, 0.3) is 10.7 Å². The van der Waals surface area contributed by atoms with Crippen molar-refractivity contribution in [2.24, 2.45) is 7.05 Å². The summed E-state index contributed by atoms with van der Waals surface area (Å²) in [7, 11) is -2.14. The van der Waals surface area contributed by atoms with Crippen LogP contribution < -0.4 is 4.72 Å². The fourth-order valence-electron chi connectivity index (χ4n) is 3.85. The van der Waals surface area contributed by atoms with Gasteiger partial charge >= 0.3 is 0 Å². The van der Waals surface area contributed by atoms with Crippen LogP contribution in [0.1, 0.15) is 51.9 Å². The summed E-state index contributed by atoms with van der Waals surface area (Å²) >= 11 is 1.29. The monoisotopic (exact) mass is 486 g/mol. The molecule has 0 saturated carbocycles. The summed E-state index contributed by atoms with van der Waals surface area (Å²) in [6.45, 7) is 4.75. The fourth-order valence-corrected chi connectivity index (χ4v) is 6.07. The Hall–Kier alpha value is -2.98. The fraction of sp³-hybridized carbons (Fsp3) is 0.348. The third-order valence-electron chi connectivity index (χ3n) is 5.66. The van der Waals surface area contributed by atoms with Crippen molar-refractivity contribution in [2.75, 3.05) is 17.8 Å². The largest absolute Gasteiger partial charge is 0.347 e. The van der Waals surface area contributed by atoms with E-state index in [2.05, 4.69) is 9.71 Å². The SMILES string of the molecule is CC(=O)c1cccc(NS(=O)(=O)c2cc(-c3nc(C)c(C(=O)N4CCCCC4)s3)n(C)c2)c1. The quantitative estimate of drug-likeness (QED) is 0.529. The van der Waals surface area contributed by atoms with Crippen LogP contribution in [0.3, 0.4) is 0 Å². The van der Waals surface area contributed by atoms with E-state index >= 15 is 0 Å². The number of nitrogens with one attached hydrogen (secondary N) is 1. The highest BCUT2D eigenvalue weighted by Gasteiger charge is 2.25. The normalized spacial score (nSPS) is 14.3. The molecule has 33 heavy (non-hydrogen) atoms. The number of thiazole rings is 1. The molecule has 0 bridgehead atoms. The van der Waals surface area contributed by atoms with Crippen LogP contribution in [0, 0.1) is 6.92 Å². The number of sulfonamides is 1. The Bertz CT molecular complexity index is 1320. The number of aryl methyl sites for hydroxylation is 2. The van der Waals surface area contributed by atoms with E-state index in [0.717, 1.165) is 32.4 Å². The molecule has 0 atom stereocenters. The van der Waals surface area contributed by atoms with Gasteiger partial charge in [0.25, 0.3) is 15.9 Å². The van der Waals surface area contributed by atoms with Gasteiger partial charge in [-0.2, -0.15) is 0 Å². The third-order valence-corrected chi connectivity index (χ3v) is 8.18. The summed E-state index contributed by atoms with van der Waals surface area (Å²) < 4.78 is 30.2. The van der Waals surface area contributed by atoms with Crippen LogP contribution >= 0.6 is 11.3 Å². The smallest absolute Gasteiger partial charge is 0.265 e. The van der Waals surface area contributed by atoms with Crippen LogP contribution in [0.4, 0.5) is 5.69 Å². The van der Waals surface area contributed by atoms with Gasteiger partial charge in [0.1, 0.15) is 14.8 Å². The van der Waals surface area contributed by atoms with Gasteiger partial charge in [-0.1, -0.05) is 12.1 Å². The Balaban J connectivity index is 1.60. The first-order valence-electron chi connectivity index (χ1n) is 10.7. The number of ketones is 1. The number of benzene rings is 1. The third kappa shape index (κ3) is 4.86. The van der Waals surface area contributed by atoms with E-state index < -0.39 is 10.0 Å². The summed E-state index contributed by atoms with van der Waals surface area (Å²) in [5, 5.41) is 0.593. The predicted molar refractivity (Wildman–Crippen MR) is 128 cm³/mol. The van der Waals surface area contributed by atoms with Gasteiger partial charge in [0, 0.05) is 37.6 Å². The second-order valence-electron chi connectivity index (χ2n) is 8.20. The molecule has 1 fully saturated rings. The van der Waals surface area contributed by atoms with Crippen molar-refractivity contribution in [1.29, 1.82) is 0 Å². The molecule has 1 aliphatic rings. The molecule has 0 aliphatic carbocycles. The highest BCUT2D eigenvalue weighted by Crippen LogP contribution is 2.32. The average Bonchev–Trinajstić information content (AvgIpc) is 3.36. The van der Waals surface area contributed by atoms with Gasteiger partial charge in [-0.25, -0.2) is 13.4 Å². The van der Waals surface area contributed by atoms with E-state index in [9.17, 15) is 18.0 Å². The first-order valence-corrected chi connectivity index (χ1v) is 13.0. The zero-order valence-electron chi connectivity index (χ0n) is 18.8. The lowest BCUT2D eigenvalue weighted by Crippen LogP contribution is -2.35. The van der Waals surface area contributed by atoms with Gasteiger partial charge in [0.2, 0.25) is 0 Å². The maximum absolute atomic E-state index is 13.0. The molecule has 1 aliphatic heterocycles. The lowest BCUT2D eigenvalue weighted by molar-refractivity contribution is 0.0728. The van der Waals surface area contributed by atoms with Crippen molar-refractivity contribution >= 4 is 38.7 Å². The molecule has 10 heteroatoms. The van der Waals surface area contributed by atoms with Crippen LogP contribution in [-0.2, 0) is 17.1 Å². The summed E-state index contributed by atoms with van der Waals surface area (Å²) in [6.07, 6.45) is 4.68. The number of Topliss-reactive ketones (excluding diaryl/α,β-unsaturated/α-hetero) is 1. The molecule has 1 aromatic carbocycles. The second-order valence-corrected chi connectivity index (χ2v) is 10.9. The van der Waals surface area contributed by atoms with Crippen molar-refractivity contribution in [2.45, 2.75) is 38.0 Å². The Kier molecular flexibility index (Phi) is 6.40. The molecular weight excluding hydrogens is 460 g/mol. The first kappa shape index (κ1) is 23.2. The standard InChI is InChI=1S/C23H26N4O4S2/c1-15-21(23(29)27-10-5-4-6-11-27)32-22(24-15)20-13-19(14-26(20)3)33(30,31)25-18-9-7-8-17(12-18)16(2)28/h7-9,12-14,25H,4-6,10-11H2,1-3H3. The van der Waals surface area contributed by atoms with Crippen LogP contribution in [0.5, 0.6) is 0 Å². The van der Waals surface area contributed by atoms with E-state index in [1.165, 1.54) is 30.5 Å². The molecule has 0 spiro atoms. The van der Waals surface area contributed by atoms with E-state index in [1.807, 2.05) is 4.90 Å². The van der Waals surface area contributed by atoms with E-state index in [4.69, 9.17) is 0 Å². The van der Waals surface area contributed by atoms with E-state index in [-0.39, 0.29) is 16.6 Å². The Morgan fingerprint density at radius 2 is 1.85 bits per heavy atom. The van der Waals surface area contributed by atoms with Gasteiger partial charge in [-0.05, 0) is 51.3 Å². The van der Waals surface area contributed by atoms with Crippen molar-refractivity contribution in [3.8, 4) is 10.7 Å². The summed E-state index contributed by atoms with van der Waals surface area (Å²) in [5.74, 6) is -0.155. The molecule has 3 heterocycles. The predicted octanol–water partition coefficient (Wildman–Crippen LogP) is 4.09. The van der Waals surface area contributed by atoms with Gasteiger partial charge in [-0.3, -0.25) is 14.3 Å². The van der Waals surface area contributed by atoms with Crippen molar-refractivity contribution in [1.82, 2.24) is 14.5 Å². The second kappa shape index (κ2) is 9.11. The summed E-state index contributed by atoms with van der Waals surface area (Å²) in [5.41, 5.74) is 2.00. The summed E-state index contributed by atoms with van der Waals surface area (Å²) in [6, 6.07) is 7.91. The van der Waals surface area contributed by atoms with Crippen LogP contribution in [0.15, 0.2) is 41.4 Å². The number of hydrogen-bond donors (Lipinski definition) is 1. The molecule has 8 nitrogen and oxygen atoms in total. The molecule has 1 saturated heterocycles. The zero-order chi connectivity index (χ0) is 23.8. The number of anilines is 1. The number of carbonyl (C=O) groups excluding carboxylic acids is 2. The van der Waals surface area contributed by atoms with Crippen LogP contribution in [-0.4, -0.2) is 47.6 Å². The number of hydrogen-bond acceptors (Lipinski definition) is 6. The van der Waals surface area contributed by atoms with Gasteiger partial charge in [0.05, 0.1) is 11.4 Å². The van der Waals surface area contributed by atoms with Crippen LogP contribution in [0.2, 0.25) is 0 Å². The van der Waals surface area contributed by atoms with Crippen molar-refractivity contribution in [3.05, 3.63) is 52.7 Å². The summed E-state index contributed by atoms with van der Waals surface area (Å²) in [4.78, 5) is 31.7. The number of carbonyl (C=O) groups is 2. The lowest BCUT2D eigenvalue weighted by atomic mass is 10.1. The van der Waals surface area contributed by atoms with E-state index in [0.29, 0.717) is 32.5 Å². The molecule has 3 aromatic rings. The average molecular weight is 487 g/mol. The number of aromatic nitrogens is 2. The van der Waals surface area contributed by atoms with E-state index in [1.54, 1.807) is 42.8 Å². The first-order chi connectivity index (χ1) is 15.7. The number of piperidine rings is 1. The maximum Gasteiger partial charge on any atom is 0.265 e. The topological polar surface area (TPSA) is 101 Å². The number of likely N-dealkylation sites (tertiary alicyclic amines) is 1. The minimum atomic E-state index is -3.88. The van der Waals surface area contributed by atoms with Gasteiger partial charge in [-0.15, -0.1) is 11.3 Å². The molecule has 2 aromatic heterocycles. The zero-order valence-corrected chi connectivity index (χ0v) is 20.4. The van der Waals surface area contributed by atoms with Gasteiger partial charge in [0.15, 0.2) is 5.78 Å². The van der Waals surface area contributed by atoms with Gasteiger partial charge < -0.3 is 9.47 Å². The number of amides is 1. The number of rotatable bonds is 6. The van der Waals surface area contributed by atoms with Crippen molar-refractivity contribution < 1.29 is 18.0 Å². The minimum Gasteiger partial charge on any atom is -0.347 e. The molecule has 174 valence electrons. The molecule has 0 unspecified atom stereocenters. The Labute approximate surface area is 197 Å². The molecule has 1 amide bonds. The molecular formula is C23H26N4O4S2. The lowest BCUT2D eigenvalue weighted by Gasteiger charge is -2.26.